The van der Waals surface area contributed by atoms with Gasteiger partial charge in [0.2, 0.25) is 0 Å². The number of amides is 1. The quantitative estimate of drug-likeness (QED) is 0.296. The van der Waals surface area contributed by atoms with Gasteiger partial charge in [0.1, 0.15) is 18.1 Å². The number of ether oxygens (including phenoxy) is 2. The van der Waals surface area contributed by atoms with Crippen LogP contribution >= 0.6 is 12.2 Å². The minimum Gasteiger partial charge on any atom is -0.494 e. The molecule has 1 amide bonds. The van der Waals surface area contributed by atoms with Gasteiger partial charge in [-0.2, -0.15) is 0 Å². The summed E-state index contributed by atoms with van der Waals surface area (Å²) in [5.41, 5.74) is 2.38. The highest BCUT2D eigenvalue weighted by Crippen LogP contribution is 2.17. The molecule has 0 radical (unpaired) electrons. The predicted octanol–water partition coefficient (Wildman–Crippen LogP) is 5.96. The number of rotatable bonds is 10. The van der Waals surface area contributed by atoms with E-state index in [9.17, 15) is 4.79 Å². The molecule has 0 aliphatic rings. The van der Waals surface area contributed by atoms with Crippen LogP contribution in [0.1, 0.15) is 42.1 Å². The summed E-state index contributed by atoms with van der Waals surface area (Å²) >= 11 is 5.27. The molecule has 0 aliphatic heterocycles. The first-order chi connectivity index (χ1) is 15.6. The average Bonchev–Trinajstić information content (AvgIpc) is 2.82. The third-order valence-corrected chi connectivity index (χ3v) is 4.92. The van der Waals surface area contributed by atoms with Gasteiger partial charge in [-0.05, 0) is 72.7 Å². The maximum atomic E-state index is 12.4. The number of hydrogen-bond acceptors (Lipinski definition) is 4. The Kier molecular flexibility index (Phi) is 9.07. The van der Waals surface area contributed by atoms with Gasteiger partial charge in [-0.15, -0.1) is 0 Å². The molecule has 0 heterocycles. The lowest BCUT2D eigenvalue weighted by Crippen LogP contribution is -2.34. The molecule has 32 heavy (non-hydrogen) atoms. The van der Waals surface area contributed by atoms with Crippen molar-refractivity contribution in [3.63, 3.8) is 0 Å². The Morgan fingerprint density at radius 2 is 1.50 bits per heavy atom. The van der Waals surface area contributed by atoms with Crippen LogP contribution in [0.15, 0.2) is 78.9 Å². The molecule has 0 saturated heterocycles. The van der Waals surface area contributed by atoms with Crippen molar-refractivity contribution in [2.75, 3.05) is 11.9 Å². The first-order valence-corrected chi connectivity index (χ1v) is 11.2. The summed E-state index contributed by atoms with van der Waals surface area (Å²) in [7, 11) is 0. The lowest BCUT2D eigenvalue weighted by molar-refractivity contribution is 0.0977. The molecule has 0 fully saturated rings. The maximum absolute atomic E-state index is 12.4. The van der Waals surface area contributed by atoms with Gasteiger partial charge in [0.05, 0.1) is 6.61 Å². The molecular formula is C26H28N2O3S. The van der Waals surface area contributed by atoms with E-state index in [1.165, 1.54) is 0 Å². The number of thiocarbonyl (C=S) groups is 1. The van der Waals surface area contributed by atoms with Crippen molar-refractivity contribution in [2.45, 2.75) is 32.8 Å². The normalized spacial score (nSPS) is 10.3. The molecule has 3 rings (SSSR count). The molecule has 6 heteroatoms. The van der Waals surface area contributed by atoms with Gasteiger partial charge in [0.15, 0.2) is 5.11 Å². The molecule has 5 nitrogen and oxygen atoms in total. The first-order valence-electron chi connectivity index (χ1n) is 10.8. The largest absolute Gasteiger partial charge is 0.494 e. The minimum atomic E-state index is -0.275. The summed E-state index contributed by atoms with van der Waals surface area (Å²) in [6.45, 7) is 3.34. The van der Waals surface area contributed by atoms with Crippen LogP contribution in [-0.2, 0) is 6.61 Å². The van der Waals surface area contributed by atoms with E-state index >= 15 is 0 Å². The molecule has 3 aromatic carbocycles. The van der Waals surface area contributed by atoms with Gasteiger partial charge in [-0.1, -0.05) is 50.1 Å². The fourth-order valence-electron chi connectivity index (χ4n) is 2.96. The zero-order valence-corrected chi connectivity index (χ0v) is 19.0. The summed E-state index contributed by atoms with van der Waals surface area (Å²) < 4.78 is 11.5. The van der Waals surface area contributed by atoms with Crippen molar-refractivity contribution < 1.29 is 14.3 Å². The predicted molar refractivity (Wildman–Crippen MR) is 132 cm³/mol. The fraction of sp³-hybridized carbons (Fsp3) is 0.231. The van der Waals surface area contributed by atoms with Crippen molar-refractivity contribution in [1.82, 2.24) is 5.32 Å². The Bertz CT molecular complexity index is 990. The topological polar surface area (TPSA) is 59.6 Å². The Morgan fingerprint density at radius 1 is 0.844 bits per heavy atom. The van der Waals surface area contributed by atoms with Gasteiger partial charge in [-0.25, -0.2) is 0 Å². The highest BCUT2D eigenvalue weighted by atomic mass is 32.1. The van der Waals surface area contributed by atoms with Gasteiger partial charge >= 0.3 is 0 Å². The average molecular weight is 449 g/mol. The van der Waals surface area contributed by atoms with Crippen molar-refractivity contribution in [1.29, 1.82) is 0 Å². The Morgan fingerprint density at radius 3 is 2.19 bits per heavy atom. The smallest absolute Gasteiger partial charge is 0.257 e. The second-order valence-electron chi connectivity index (χ2n) is 7.29. The van der Waals surface area contributed by atoms with Gasteiger partial charge in [0.25, 0.3) is 5.91 Å². The molecule has 166 valence electrons. The molecular weight excluding hydrogens is 420 g/mol. The zero-order chi connectivity index (χ0) is 22.6. The van der Waals surface area contributed by atoms with E-state index in [-0.39, 0.29) is 11.0 Å². The van der Waals surface area contributed by atoms with Gasteiger partial charge < -0.3 is 14.8 Å². The van der Waals surface area contributed by atoms with Crippen molar-refractivity contribution >= 4 is 28.9 Å². The van der Waals surface area contributed by atoms with E-state index in [1.807, 2.05) is 54.6 Å². The lowest BCUT2D eigenvalue weighted by Gasteiger charge is -2.11. The molecule has 0 bridgehead atoms. The molecule has 0 unspecified atom stereocenters. The zero-order valence-electron chi connectivity index (χ0n) is 18.2. The first kappa shape index (κ1) is 23.3. The number of benzene rings is 3. The van der Waals surface area contributed by atoms with E-state index in [4.69, 9.17) is 21.7 Å². The third kappa shape index (κ3) is 7.71. The van der Waals surface area contributed by atoms with Gasteiger partial charge in [-0.3, -0.25) is 10.1 Å². The molecule has 0 atom stereocenters. The molecule has 0 saturated carbocycles. The van der Waals surface area contributed by atoms with Crippen molar-refractivity contribution in [2.24, 2.45) is 0 Å². The monoisotopic (exact) mass is 448 g/mol. The van der Waals surface area contributed by atoms with Crippen LogP contribution < -0.4 is 20.1 Å². The van der Waals surface area contributed by atoms with Crippen LogP contribution in [-0.4, -0.2) is 17.6 Å². The van der Waals surface area contributed by atoms with E-state index in [0.29, 0.717) is 18.8 Å². The fourth-order valence-corrected chi connectivity index (χ4v) is 3.17. The Hall–Kier alpha value is -3.38. The van der Waals surface area contributed by atoms with Crippen LogP contribution in [0.5, 0.6) is 11.5 Å². The molecule has 3 aromatic rings. The number of carbonyl (C=O) groups is 1. The molecule has 2 N–H and O–H groups in total. The lowest BCUT2D eigenvalue weighted by atomic mass is 10.2. The van der Waals surface area contributed by atoms with Crippen LogP contribution in [0.4, 0.5) is 5.69 Å². The van der Waals surface area contributed by atoms with E-state index in [2.05, 4.69) is 17.6 Å². The number of unbranched alkanes of at least 4 members (excludes halogenated alkanes) is 2. The Labute approximate surface area is 194 Å². The van der Waals surface area contributed by atoms with Crippen LogP contribution in [0, 0.1) is 0 Å². The third-order valence-electron chi connectivity index (χ3n) is 4.72. The SMILES string of the molecule is CCCCCOc1ccc(C(=O)NC(=S)Nc2ccc(OCc3ccccc3)cc2)cc1. The standard InChI is InChI=1S/C26H28N2O3S/c1-2-3-7-18-30-23-14-10-21(11-15-23)25(29)28-26(32)27-22-12-16-24(17-13-22)31-19-20-8-5-4-6-9-20/h4-6,8-17H,2-3,7,18-19H2,1H3,(H2,27,28,29,32). The number of nitrogens with one attached hydrogen (secondary N) is 2. The van der Waals surface area contributed by atoms with E-state index < -0.39 is 0 Å². The number of carbonyl (C=O) groups excluding carboxylic acids is 1. The van der Waals surface area contributed by atoms with Crippen molar-refractivity contribution in [3.8, 4) is 11.5 Å². The summed E-state index contributed by atoms with van der Waals surface area (Å²) in [4.78, 5) is 12.4. The minimum absolute atomic E-state index is 0.229. The van der Waals surface area contributed by atoms with Crippen LogP contribution in [0.3, 0.4) is 0 Å². The Balaban J connectivity index is 1.43. The maximum Gasteiger partial charge on any atom is 0.257 e. The van der Waals surface area contributed by atoms with Gasteiger partial charge in [0, 0.05) is 11.3 Å². The molecule has 0 spiro atoms. The highest BCUT2D eigenvalue weighted by Gasteiger charge is 2.08. The van der Waals surface area contributed by atoms with Crippen LogP contribution in [0.2, 0.25) is 0 Å². The van der Waals surface area contributed by atoms with Crippen LogP contribution in [0.25, 0.3) is 0 Å². The summed E-state index contributed by atoms with van der Waals surface area (Å²) in [5, 5.41) is 5.94. The highest BCUT2D eigenvalue weighted by molar-refractivity contribution is 7.80. The summed E-state index contributed by atoms with van der Waals surface area (Å²) in [5.74, 6) is 1.24. The number of anilines is 1. The van der Waals surface area contributed by atoms with Crippen molar-refractivity contribution in [3.05, 3.63) is 90.0 Å². The molecule has 0 aliphatic carbocycles. The van der Waals surface area contributed by atoms with E-state index in [1.54, 1.807) is 24.3 Å². The van der Waals surface area contributed by atoms with E-state index in [0.717, 1.165) is 42.0 Å². The molecule has 0 aromatic heterocycles. The summed E-state index contributed by atoms with van der Waals surface area (Å²) in [6, 6.07) is 24.4. The number of hydrogen-bond donors (Lipinski definition) is 2. The summed E-state index contributed by atoms with van der Waals surface area (Å²) in [6.07, 6.45) is 3.33. The second-order valence-corrected chi connectivity index (χ2v) is 7.70. The second kappa shape index (κ2) is 12.5.